The van der Waals surface area contributed by atoms with E-state index in [4.69, 9.17) is 4.74 Å². The summed E-state index contributed by atoms with van der Waals surface area (Å²) in [6.07, 6.45) is -0.285. The molecule has 1 heterocycles. The number of aromatic amines is 1. The summed E-state index contributed by atoms with van der Waals surface area (Å²) >= 11 is 2.70. The number of hydrogen-bond acceptors (Lipinski definition) is 8. The van der Waals surface area contributed by atoms with Crippen molar-refractivity contribution in [2.24, 2.45) is 0 Å². The molecule has 1 amide bonds. The number of hydrogen-bond donors (Lipinski definition) is 5. The van der Waals surface area contributed by atoms with Gasteiger partial charge in [-0.2, -0.15) is 11.8 Å². The number of fused-ring (bicyclic) bond motifs is 1. The van der Waals surface area contributed by atoms with Gasteiger partial charge in [0.2, 0.25) is 0 Å². The summed E-state index contributed by atoms with van der Waals surface area (Å²) in [5, 5.41) is 33.1. The fourth-order valence-electron chi connectivity index (χ4n) is 3.74. The third-order valence-electron chi connectivity index (χ3n) is 5.60. The average molecular weight is 536 g/mol. The summed E-state index contributed by atoms with van der Waals surface area (Å²) in [6, 6.07) is 10.8. The van der Waals surface area contributed by atoms with Crippen molar-refractivity contribution in [3.63, 3.8) is 0 Å². The van der Waals surface area contributed by atoms with Crippen molar-refractivity contribution in [1.82, 2.24) is 15.2 Å². The highest BCUT2D eigenvalue weighted by Gasteiger charge is 2.16. The Balaban J connectivity index is 1.30. The highest BCUT2D eigenvalue weighted by molar-refractivity contribution is 7.99. The number of ether oxygens (including phenoxy) is 1. The Hall–Kier alpha value is -2.73. The number of carbonyl (C=O) groups is 1. The second-order valence-electron chi connectivity index (χ2n) is 8.17. The molecule has 9 nitrogen and oxygen atoms in total. The molecule has 0 aliphatic heterocycles. The van der Waals surface area contributed by atoms with Gasteiger partial charge in [-0.1, -0.05) is 29.5 Å². The van der Waals surface area contributed by atoms with Gasteiger partial charge < -0.3 is 35.3 Å². The number of H-pyrrole nitrogens is 1. The monoisotopic (exact) mass is 535 g/mol. The molecular formula is C25H33N3O6S2. The van der Waals surface area contributed by atoms with Gasteiger partial charge in [0.05, 0.1) is 17.4 Å². The van der Waals surface area contributed by atoms with Crippen LogP contribution >= 0.6 is 23.1 Å². The first-order chi connectivity index (χ1) is 17.4. The maximum absolute atomic E-state index is 11.6. The number of benzene rings is 2. The van der Waals surface area contributed by atoms with Gasteiger partial charge in [-0.15, -0.1) is 0 Å². The molecule has 36 heavy (non-hydrogen) atoms. The molecule has 196 valence electrons. The topological polar surface area (TPSA) is 135 Å². The molecular weight excluding hydrogens is 502 g/mol. The van der Waals surface area contributed by atoms with Crippen molar-refractivity contribution < 1.29 is 24.9 Å². The predicted molar refractivity (Wildman–Crippen MR) is 145 cm³/mol. The van der Waals surface area contributed by atoms with E-state index in [9.17, 15) is 24.9 Å². The Morgan fingerprint density at radius 1 is 1.19 bits per heavy atom. The molecule has 1 aromatic heterocycles. The molecule has 5 N–H and O–H groups in total. The first-order valence-electron chi connectivity index (χ1n) is 11.9. The lowest BCUT2D eigenvalue weighted by molar-refractivity contribution is 0.146. The molecule has 0 unspecified atom stereocenters. The number of carboxylic acid groups (broad SMARTS) is 1. The van der Waals surface area contributed by atoms with Crippen molar-refractivity contribution in [3.8, 4) is 11.5 Å². The smallest absolute Gasteiger partial charge is 0.407 e. The summed E-state index contributed by atoms with van der Waals surface area (Å²) in [5.74, 6) is 2.47. The molecule has 2 aromatic carbocycles. The van der Waals surface area contributed by atoms with Gasteiger partial charge in [0, 0.05) is 37.5 Å². The molecule has 0 spiro atoms. The van der Waals surface area contributed by atoms with Crippen molar-refractivity contribution in [2.45, 2.75) is 25.9 Å². The molecule has 0 fully saturated rings. The zero-order chi connectivity index (χ0) is 25.9. The van der Waals surface area contributed by atoms with Gasteiger partial charge in [0.25, 0.3) is 0 Å². The Kier molecular flexibility index (Phi) is 10.9. The molecule has 0 radical (unpaired) electrons. The average Bonchev–Trinajstić information content (AvgIpc) is 3.25. The van der Waals surface area contributed by atoms with E-state index in [0.717, 1.165) is 40.6 Å². The molecule has 11 heteroatoms. The number of thioether (sulfide) groups is 1. The molecule has 0 aliphatic carbocycles. The lowest BCUT2D eigenvalue weighted by atomic mass is 10.1. The SMILES string of the molecule is CCOc1ccc(CCN(CCCSCCNC[C@H](O)c2ccc(O)c3[nH]c(=O)sc23)C(=O)O)cc1. The maximum Gasteiger partial charge on any atom is 0.407 e. The highest BCUT2D eigenvalue weighted by Crippen LogP contribution is 2.31. The van der Waals surface area contributed by atoms with Crippen LogP contribution in [0.5, 0.6) is 11.5 Å². The highest BCUT2D eigenvalue weighted by atomic mass is 32.2. The minimum absolute atomic E-state index is 0.0127. The van der Waals surface area contributed by atoms with E-state index in [-0.39, 0.29) is 10.6 Å². The number of nitrogens with zero attached hydrogens (tertiary/aromatic N) is 1. The zero-order valence-electron chi connectivity index (χ0n) is 20.2. The second kappa shape index (κ2) is 14.1. The predicted octanol–water partition coefficient (Wildman–Crippen LogP) is 3.66. The van der Waals surface area contributed by atoms with Gasteiger partial charge in [-0.3, -0.25) is 4.79 Å². The van der Waals surface area contributed by atoms with Gasteiger partial charge in [0.15, 0.2) is 0 Å². The van der Waals surface area contributed by atoms with Crippen molar-refractivity contribution in [1.29, 1.82) is 0 Å². The van der Waals surface area contributed by atoms with Gasteiger partial charge in [-0.25, -0.2) is 4.79 Å². The van der Waals surface area contributed by atoms with Crippen molar-refractivity contribution in [2.75, 3.05) is 44.3 Å². The fourth-order valence-corrected chi connectivity index (χ4v) is 5.48. The number of phenols is 1. The van der Waals surface area contributed by atoms with Gasteiger partial charge >= 0.3 is 11.0 Å². The normalized spacial score (nSPS) is 12.1. The third-order valence-corrected chi connectivity index (χ3v) is 7.60. The molecule has 0 bridgehead atoms. The van der Waals surface area contributed by atoms with Gasteiger partial charge in [0.1, 0.15) is 17.0 Å². The summed E-state index contributed by atoms with van der Waals surface area (Å²) in [7, 11) is 0. The Morgan fingerprint density at radius 3 is 2.69 bits per heavy atom. The van der Waals surface area contributed by atoms with Crippen LogP contribution in [0, 0.1) is 0 Å². The van der Waals surface area contributed by atoms with E-state index in [1.165, 1.54) is 11.0 Å². The summed E-state index contributed by atoms with van der Waals surface area (Å²) in [5.41, 5.74) is 2.03. The minimum atomic E-state index is -0.905. The number of amides is 1. The quantitative estimate of drug-likeness (QED) is 0.186. The zero-order valence-corrected chi connectivity index (χ0v) is 21.9. The second-order valence-corrected chi connectivity index (χ2v) is 10.4. The standard InChI is InChI=1S/C25H33N3O6S2/c1-2-34-18-6-4-17(5-7-18)10-13-28(25(32)33)12-3-14-35-15-11-26-16-21(30)19-8-9-20(29)22-23(19)36-24(31)27-22/h4-9,21,26,29-30H,2-3,10-16H2,1H3,(H,27,31)(H,32,33)/t21-/m0/s1. The van der Waals surface area contributed by atoms with Crippen LogP contribution in [0.25, 0.3) is 10.2 Å². The first-order valence-corrected chi connectivity index (χ1v) is 13.9. The minimum Gasteiger partial charge on any atom is -0.506 e. The van der Waals surface area contributed by atoms with Crippen LogP contribution in [0.3, 0.4) is 0 Å². The molecule has 0 saturated carbocycles. The number of nitrogens with one attached hydrogen (secondary N) is 2. The number of phenolic OH excluding ortho intramolecular Hbond substituents is 1. The number of rotatable bonds is 15. The number of aromatic nitrogens is 1. The Morgan fingerprint density at radius 2 is 1.97 bits per heavy atom. The van der Waals surface area contributed by atoms with Crippen LogP contribution in [0.1, 0.15) is 30.6 Å². The number of aliphatic hydroxyl groups excluding tert-OH is 1. The summed E-state index contributed by atoms with van der Waals surface area (Å²) in [4.78, 5) is 27.0. The number of aromatic hydroxyl groups is 1. The van der Waals surface area contributed by atoms with Crippen LogP contribution in [-0.4, -0.2) is 75.6 Å². The lowest BCUT2D eigenvalue weighted by Crippen LogP contribution is -2.32. The molecule has 0 aliphatic rings. The van der Waals surface area contributed by atoms with E-state index in [1.54, 1.807) is 17.8 Å². The Labute approximate surface area is 218 Å². The van der Waals surface area contributed by atoms with Crippen LogP contribution in [0.15, 0.2) is 41.2 Å². The fraction of sp³-hybridized carbons (Fsp3) is 0.440. The van der Waals surface area contributed by atoms with E-state index in [2.05, 4.69) is 10.3 Å². The maximum atomic E-state index is 11.6. The van der Waals surface area contributed by atoms with Gasteiger partial charge in [-0.05, 0) is 49.3 Å². The third kappa shape index (κ3) is 8.16. The first kappa shape index (κ1) is 27.9. The van der Waals surface area contributed by atoms with Crippen LogP contribution in [0.2, 0.25) is 0 Å². The van der Waals surface area contributed by atoms with E-state index >= 15 is 0 Å². The molecule has 3 rings (SSSR count). The summed E-state index contributed by atoms with van der Waals surface area (Å²) < 4.78 is 6.00. The van der Waals surface area contributed by atoms with Crippen molar-refractivity contribution in [3.05, 3.63) is 57.2 Å². The largest absolute Gasteiger partial charge is 0.506 e. The van der Waals surface area contributed by atoms with E-state index < -0.39 is 12.2 Å². The van der Waals surface area contributed by atoms with E-state index in [1.807, 2.05) is 31.2 Å². The lowest BCUT2D eigenvalue weighted by Gasteiger charge is -2.19. The molecule has 1 atom stereocenters. The van der Waals surface area contributed by atoms with Crippen molar-refractivity contribution >= 4 is 39.4 Å². The van der Waals surface area contributed by atoms with E-state index in [0.29, 0.717) is 55.0 Å². The number of aliphatic hydroxyl groups is 1. The molecule has 3 aromatic rings. The molecule has 0 saturated heterocycles. The summed E-state index contributed by atoms with van der Waals surface area (Å²) in [6.45, 7) is 4.50. The Bertz CT molecular complexity index is 1160. The van der Waals surface area contributed by atoms with Crippen LogP contribution in [0.4, 0.5) is 4.79 Å². The van der Waals surface area contributed by atoms with Crippen LogP contribution in [-0.2, 0) is 6.42 Å². The number of thiazole rings is 1. The van der Waals surface area contributed by atoms with Crippen LogP contribution < -0.4 is 14.9 Å².